The molecule has 0 saturated carbocycles. The number of aliphatic imine (C=N–C) groups is 1. The Bertz CT molecular complexity index is 798. The van der Waals surface area contributed by atoms with Gasteiger partial charge in [0, 0.05) is 12.4 Å². The van der Waals surface area contributed by atoms with Gasteiger partial charge in [0.15, 0.2) is 0 Å². The SMILES string of the molecule is c1ccc(C2=N[C@H](c3ccncc3)N[C@H]2c2ccccc2)cc1. The summed E-state index contributed by atoms with van der Waals surface area (Å²) in [6, 6.07) is 25.0. The first kappa shape index (κ1) is 13.9. The molecule has 1 aliphatic rings. The monoisotopic (exact) mass is 299 g/mol. The summed E-state index contributed by atoms with van der Waals surface area (Å²) in [6.45, 7) is 0. The number of pyridine rings is 1. The van der Waals surface area contributed by atoms with Crippen molar-refractivity contribution in [2.24, 2.45) is 4.99 Å². The number of benzene rings is 2. The van der Waals surface area contributed by atoms with Crippen molar-refractivity contribution in [1.82, 2.24) is 10.3 Å². The first-order chi connectivity index (χ1) is 11.4. The minimum absolute atomic E-state index is 0.0431. The lowest BCUT2D eigenvalue weighted by Gasteiger charge is -2.16. The Morgan fingerprint density at radius 3 is 2.04 bits per heavy atom. The zero-order chi connectivity index (χ0) is 15.5. The largest absolute Gasteiger partial charge is 0.280 e. The third-order valence-corrected chi connectivity index (χ3v) is 4.09. The molecule has 1 aliphatic heterocycles. The molecule has 1 N–H and O–H groups in total. The molecule has 0 unspecified atom stereocenters. The van der Waals surface area contributed by atoms with Crippen LogP contribution >= 0.6 is 0 Å². The molecule has 2 atom stereocenters. The zero-order valence-electron chi connectivity index (χ0n) is 12.6. The van der Waals surface area contributed by atoms with E-state index in [-0.39, 0.29) is 12.2 Å². The average Bonchev–Trinajstić information content (AvgIpc) is 3.09. The molecule has 2 aromatic carbocycles. The van der Waals surface area contributed by atoms with Crippen molar-refractivity contribution in [3.05, 3.63) is 102 Å². The summed E-state index contributed by atoms with van der Waals surface area (Å²) in [5, 5.41) is 3.64. The van der Waals surface area contributed by atoms with Crippen molar-refractivity contribution in [1.29, 1.82) is 0 Å². The molecule has 0 aliphatic carbocycles. The highest BCUT2D eigenvalue weighted by atomic mass is 15.2. The van der Waals surface area contributed by atoms with Crippen LogP contribution in [0.3, 0.4) is 0 Å². The van der Waals surface area contributed by atoms with Crippen LogP contribution < -0.4 is 5.32 Å². The third kappa shape index (κ3) is 2.79. The van der Waals surface area contributed by atoms with Gasteiger partial charge in [0.1, 0.15) is 6.17 Å². The van der Waals surface area contributed by atoms with Crippen LogP contribution in [0.5, 0.6) is 0 Å². The molecule has 2 heterocycles. The molecule has 0 radical (unpaired) electrons. The lowest BCUT2D eigenvalue weighted by molar-refractivity contribution is 0.573. The summed E-state index contributed by atoms with van der Waals surface area (Å²) >= 11 is 0. The van der Waals surface area contributed by atoms with Gasteiger partial charge in [-0.2, -0.15) is 0 Å². The molecule has 3 nitrogen and oxygen atoms in total. The number of hydrogen-bond donors (Lipinski definition) is 1. The van der Waals surface area contributed by atoms with Crippen LogP contribution in [0.1, 0.15) is 28.9 Å². The maximum absolute atomic E-state index is 4.96. The highest BCUT2D eigenvalue weighted by molar-refractivity contribution is 6.06. The molecule has 112 valence electrons. The second-order valence-corrected chi connectivity index (χ2v) is 5.57. The topological polar surface area (TPSA) is 37.3 Å². The van der Waals surface area contributed by atoms with Gasteiger partial charge in [-0.1, -0.05) is 60.7 Å². The molecule has 0 bridgehead atoms. The number of nitrogens with zero attached hydrogens (tertiary/aromatic N) is 2. The number of aromatic nitrogens is 1. The number of nitrogens with one attached hydrogen (secondary N) is 1. The quantitative estimate of drug-likeness (QED) is 0.796. The third-order valence-electron chi connectivity index (χ3n) is 4.09. The first-order valence-corrected chi connectivity index (χ1v) is 7.76. The van der Waals surface area contributed by atoms with E-state index in [9.17, 15) is 0 Å². The van der Waals surface area contributed by atoms with Crippen molar-refractivity contribution in [3.63, 3.8) is 0 Å². The Balaban J connectivity index is 1.76. The molecule has 0 saturated heterocycles. The lowest BCUT2D eigenvalue weighted by Crippen LogP contribution is -2.23. The smallest absolute Gasteiger partial charge is 0.126 e. The lowest BCUT2D eigenvalue weighted by atomic mass is 9.97. The number of hydrogen-bond acceptors (Lipinski definition) is 3. The summed E-state index contributed by atoms with van der Waals surface area (Å²) in [6.07, 6.45) is 3.58. The van der Waals surface area contributed by atoms with E-state index >= 15 is 0 Å². The van der Waals surface area contributed by atoms with Crippen LogP contribution in [0.4, 0.5) is 0 Å². The van der Waals surface area contributed by atoms with Crippen LogP contribution in [0.2, 0.25) is 0 Å². The van der Waals surface area contributed by atoms with E-state index < -0.39 is 0 Å². The second kappa shape index (κ2) is 6.15. The van der Waals surface area contributed by atoms with Gasteiger partial charge >= 0.3 is 0 Å². The van der Waals surface area contributed by atoms with E-state index in [1.807, 2.05) is 36.7 Å². The minimum atomic E-state index is -0.0431. The Morgan fingerprint density at radius 1 is 0.696 bits per heavy atom. The Kier molecular flexibility index (Phi) is 3.70. The van der Waals surface area contributed by atoms with Gasteiger partial charge in [0.25, 0.3) is 0 Å². The summed E-state index contributed by atoms with van der Waals surface area (Å²) in [5.41, 5.74) is 4.60. The number of rotatable bonds is 3. The molecule has 3 aromatic rings. The standard InChI is InChI=1S/C20H17N3/c1-3-7-15(8-4-1)18-19(16-9-5-2-6-10-16)23-20(22-18)17-11-13-21-14-12-17/h1-14,18,20,22H/t18-,20+/m0/s1. The Hall–Kier alpha value is -2.78. The van der Waals surface area contributed by atoms with Gasteiger partial charge in [-0.05, 0) is 28.8 Å². The van der Waals surface area contributed by atoms with Crippen LogP contribution in [-0.2, 0) is 0 Å². The van der Waals surface area contributed by atoms with Crippen molar-refractivity contribution < 1.29 is 0 Å². The maximum atomic E-state index is 4.96. The molecular formula is C20H17N3. The van der Waals surface area contributed by atoms with E-state index in [1.165, 1.54) is 5.56 Å². The summed E-state index contributed by atoms with van der Waals surface area (Å²) < 4.78 is 0. The van der Waals surface area contributed by atoms with Crippen LogP contribution in [0.15, 0.2) is 90.2 Å². The summed E-state index contributed by atoms with van der Waals surface area (Å²) in [7, 11) is 0. The van der Waals surface area contributed by atoms with Crippen LogP contribution in [-0.4, -0.2) is 10.7 Å². The van der Waals surface area contributed by atoms with Crippen molar-refractivity contribution in [2.75, 3.05) is 0 Å². The molecule has 23 heavy (non-hydrogen) atoms. The van der Waals surface area contributed by atoms with E-state index in [4.69, 9.17) is 4.99 Å². The fourth-order valence-electron chi connectivity index (χ4n) is 2.95. The van der Waals surface area contributed by atoms with Gasteiger partial charge < -0.3 is 0 Å². The predicted octanol–water partition coefficient (Wildman–Crippen LogP) is 3.91. The zero-order valence-corrected chi connectivity index (χ0v) is 12.6. The molecule has 1 aromatic heterocycles. The highest BCUT2D eigenvalue weighted by Gasteiger charge is 2.30. The fourth-order valence-corrected chi connectivity index (χ4v) is 2.95. The van der Waals surface area contributed by atoms with Crippen molar-refractivity contribution in [3.8, 4) is 0 Å². The summed E-state index contributed by atoms with van der Waals surface area (Å²) in [4.78, 5) is 9.06. The second-order valence-electron chi connectivity index (χ2n) is 5.57. The molecule has 4 rings (SSSR count). The van der Waals surface area contributed by atoms with Crippen molar-refractivity contribution in [2.45, 2.75) is 12.2 Å². The summed E-state index contributed by atoms with van der Waals surface area (Å²) in [5.74, 6) is 0. The van der Waals surface area contributed by atoms with Crippen LogP contribution in [0.25, 0.3) is 0 Å². The first-order valence-electron chi connectivity index (χ1n) is 7.76. The predicted molar refractivity (Wildman–Crippen MR) is 92.3 cm³/mol. The van der Waals surface area contributed by atoms with Crippen molar-refractivity contribution >= 4 is 5.71 Å². The normalized spacial score (nSPS) is 20.3. The Morgan fingerprint density at radius 2 is 1.35 bits per heavy atom. The van der Waals surface area contributed by atoms with Gasteiger partial charge in [-0.15, -0.1) is 0 Å². The molecular weight excluding hydrogens is 282 g/mol. The maximum Gasteiger partial charge on any atom is 0.126 e. The molecule has 0 fully saturated rings. The Labute approximate surface area is 135 Å². The van der Waals surface area contributed by atoms with Gasteiger partial charge in [-0.25, -0.2) is 0 Å². The minimum Gasteiger partial charge on any atom is -0.280 e. The average molecular weight is 299 g/mol. The fraction of sp³-hybridized carbons (Fsp3) is 0.100. The van der Waals surface area contributed by atoms with Gasteiger partial charge in [-0.3, -0.25) is 15.3 Å². The van der Waals surface area contributed by atoms with Crippen LogP contribution in [0, 0.1) is 0 Å². The van der Waals surface area contributed by atoms with Gasteiger partial charge in [0.05, 0.1) is 11.8 Å². The van der Waals surface area contributed by atoms with E-state index in [0.29, 0.717) is 0 Å². The van der Waals surface area contributed by atoms with Gasteiger partial charge in [0.2, 0.25) is 0 Å². The molecule has 0 spiro atoms. The molecule has 0 amide bonds. The van der Waals surface area contributed by atoms with E-state index in [2.05, 4.69) is 58.8 Å². The van der Waals surface area contributed by atoms with E-state index in [1.54, 1.807) is 0 Å². The molecule has 3 heteroatoms. The highest BCUT2D eigenvalue weighted by Crippen LogP contribution is 2.31. The van der Waals surface area contributed by atoms with E-state index in [0.717, 1.165) is 16.8 Å².